The molecule has 0 spiro atoms. The molecule has 0 aliphatic rings. The van der Waals surface area contributed by atoms with Crippen molar-refractivity contribution in [2.75, 3.05) is 13.1 Å². The first-order valence-corrected chi connectivity index (χ1v) is 5.59. The molecule has 1 atom stereocenters. The van der Waals surface area contributed by atoms with E-state index in [9.17, 15) is 17.6 Å². The van der Waals surface area contributed by atoms with Crippen LogP contribution in [0.3, 0.4) is 0 Å². The first-order chi connectivity index (χ1) is 8.88. The van der Waals surface area contributed by atoms with Crippen molar-refractivity contribution in [3.05, 3.63) is 35.1 Å². The lowest BCUT2D eigenvalue weighted by molar-refractivity contribution is -0.137. The number of hydrogen-bond acceptors (Lipinski definition) is 2. The van der Waals surface area contributed by atoms with Gasteiger partial charge in [-0.05, 0) is 30.7 Å². The highest BCUT2D eigenvalue weighted by Gasteiger charge is 2.31. The van der Waals surface area contributed by atoms with Crippen molar-refractivity contribution in [2.45, 2.75) is 19.1 Å². The second kappa shape index (κ2) is 6.55. The number of nitrogens with two attached hydrogens (primary N) is 1. The van der Waals surface area contributed by atoms with Crippen molar-refractivity contribution in [1.82, 2.24) is 5.32 Å². The van der Waals surface area contributed by atoms with Crippen LogP contribution in [-0.4, -0.2) is 13.1 Å². The summed E-state index contributed by atoms with van der Waals surface area (Å²) in [7, 11) is 0. The molecule has 3 N–H and O–H groups in total. The van der Waals surface area contributed by atoms with Gasteiger partial charge in [0.05, 0.1) is 12.1 Å². The van der Waals surface area contributed by atoms with Crippen LogP contribution < -0.4 is 11.1 Å². The number of rotatable bonds is 4. The highest BCUT2D eigenvalue weighted by Crippen LogP contribution is 2.31. The minimum absolute atomic E-state index is 0.0478. The monoisotopic (exact) mass is 274 g/mol. The van der Waals surface area contributed by atoms with Gasteiger partial charge in [0.1, 0.15) is 5.82 Å². The maximum Gasteiger partial charge on any atom is 0.416 e. The van der Waals surface area contributed by atoms with E-state index in [1.165, 1.54) is 0 Å². The van der Waals surface area contributed by atoms with Crippen LogP contribution in [0.15, 0.2) is 18.2 Å². The minimum atomic E-state index is -4.58. The molecule has 1 unspecified atom stereocenters. The molecule has 0 aliphatic heterocycles. The van der Waals surface area contributed by atoms with Gasteiger partial charge in [-0.3, -0.25) is 5.32 Å². The molecular weight excluding hydrogens is 260 g/mol. The van der Waals surface area contributed by atoms with Crippen molar-refractivity contribution in [3.63, 3.8) is 0 Å². The summed E-state index contributed by atoms with van der Waals surface area (Å²) in [4.78, 5) is 0. The van der Waals surface area contributed by atoms with Crippen LogP contribution in [0.25, 0.3) is 0 Å². The topological polar surface area (TPSA) is 38.0 Å². The summed E-state index contributed by atoms with van der Waals surface area (Å²) in [6.45, 7) is 1.96. The van der Waals surface area contributed by atoms with Gasteiger partial charge in [-0.1, -0.05) is 5.92 Å². The fourth-order valence-corrected chi connectivity index (χ4v) is 1.58. The maximum absolute atomic E-state index is 13.2. The molecule has 0 amide bonds. The summed E-state index contributed by atoms with van der Waals surface area (Å²) in [5, 5.41) is 2.86. The Hall–Kier alpha value is -1.58. The van der Waals surface area contributed by atoms with E-state index >= 15 is 0 Å². The molecule has 0 heterocycles. The molecule has 1 aromatic rings. The molecule has 1 aromatic carbocycles. The zero-order valence-corrected chi connectivity index (χ0v) is 10.3. The fourth-order valence-electron chi connectivity index (χ4n) is 1.58. The predicted molar refractivity (Wildman–Crippen MR) is 64.7 cm³/mol. The van der Waals surface area contributed by atoms with Crippen molar-refractivity contribution in [1.29, 1.82) is 0 Å². The van der Waals surface area contributed by atoms with Gasteiger partial charge >= 0.3 is 6.18 Å². The van der Waals surface area contributed by atoms with Gasteiger partial charge in [-0.2, -0.15) is 13.2 Å². The van der Waals surface area contributed by atoms with E-state index in [-0.39, 0.29) is 18.7 Å². The lowest BCUT2D eigenvalue weighted by Crippen LogP contribution is -2.29. The van der Waals surface area contributed by atoms with Crippen molar-refractivity contribution >= 4 is 0 Å². The Morgan fingerprint density at radius 2 is 2.00 bits per heavy atom. The largest absolute Gasteiger partial charge is 0.416 e. The van der Waals surface area contributed by atoms with Crippen LogP contribution in [0.1, 0.15) is 24.1 Å². The van der Waals surface area contributed by atoms with Crippen molar-refractivity contribution < 1.29 is 17.6 Å². The third-order valence-electron chi connectivity index (χ3n) is 2.50. The minimum Gasteiger partial charge on any atom is -0.329 e. The molecule has 2 nitrogen and oxygen atoms in total. The normalized spacial score (nSPS) is 12.7. The average Bonchev–Trinajstić information content (AvgIpc) is 2.33. The van der Waals surface area contributed by atoms with Crippen LogP contribution >= 0.6 is 0 Å². The Morgan fingerprint density at radius 1 is 1.32 bits per heavy atom. The van der Waals surface area contributed by atoms with Crippen LogP contribution in [0.2, 0.25) is 0 Å². The lowest BCUT2D eigenvalue weighted by Gasteiger charge is -2.17. The zero-order chi connectivity index (χ0) is 14.5. The van der Waals surface area contributed by atoms with Gasteiger partial charge in [-0.15, -0.1) is 5.92 Å². The first kappa shape index (κ1) is 15.5. The summed E-state index contributed by atoms with van der Waals surface area (Å²) in [5.74, 6) is 4.41. The average molecular weight is 274 g/mol. The molecule has 0 aromatic heterocycles. The molecule has 1 rings (SSSR count). The van der Waals surface area contributed by atoms with Crippen LogP contribution in [0.5, 0.6) is 0 Å². The molecular formula is C13H14F4N2. The molecule has 6 heteroatoms. The smallest absolute Gasteiger partial charge is 0.329 e. The quantitative estimate of drug-likeness (QED) is 0.654. The van der Waals surface area contributed by atoms with Gasteiger partial charge in [0.2, 0.25) is 0 Å². The van der Waals surface area contributed by atoms with E-state index in [0.717, 1.165) is 12.1 Å². The molecule has 104 valence electrons. The highest BCUT2D eigenvalue weighted by molar-refractivity contribution is 5.29. The standard InChI is InChI=1S/C13H14F4N2/c1-2-3-4-19-12(8-18)9-5-10(13(15,16)17)7-11(14)6-9/h5-7,12,19H,4,8,18H2,1H3. The molecule has 0 bridgehead atoms. The zero-order valence-electron chi connectivity index (χ0n) is 10.3. The second-order valence-electron chi connectivity index (χ2n) is 3.87. The Kier molecular flexibility index (Phi) is 5.33. The van der Waals surface area contributed by atoms with E-state index in [1.807, 2.05) is 0 Å². The number of hydrogen-bond donors (Lipinski definition) is 2. The number of halogens is 4. The first-order valence-electron chi connectivity index (χ1n) is 5.59. The predicted octanol–water partition coefficient (Wildman–Crippen LogP) is 2.46. The summed E-state index contributed by atoms with van der Waals surface area (Å²) >= 11 is 0. The number of benzene rings is 1. The Morgan fingerprint density at radius 3 is 2.53 bits per heavy atom. The third-order valence-corrected chi connectivity index (χ3v) is 2.50. The van der Waals surface area contributed by atoms with Gasteiger partial charge in [-0.25, -0.2) is 4.39 Å². The third kappa shape index (κ3) is 4.54. The molecule has 0 saturated heterocycles. The van der Waals surface area contributed by atoms with E-state index in [1.54, 1.807) is 6.92 Å². The highest BCUT2D eigenvalue weighted by atomic mass is 19.4. The Balaban J connectivity index is 3.02. The molecule has 0 fully saturated rings. The van der Waals surface area contributed by atoms with Gasteiger partial charge in [0.15, 0.2) is 0 Å². The molecule has 0 saturated carbocycles. The fraction of sp³-hybridized carbons (Fsp3) is 0.385. The van der Waals surface area contributed by atoms with Gasteiger partial charge < -0.3 is 5.73 Å². The van der Waals surface area contributed by atoms with E-state index in [2.05, 4.69) is 17.2 Å². The summed E-state index contributed by atoms with van der Waals surface area (Å²) in [6.07, 6.45) is -4.58. The molecule has 19 heavy (non-hydrogen) atoms. The molecule has 0 aliphatic carbocycles. The summed E-state index contributed by atoms with van der Waals surface area (Å²) < 4.78 is 51.0. The van der Waals surface area contributed by atoms with E-state index in [0.29, 0.717) is 6.07 Å². The number of alkyl halides is 3. The van der Waals surface area contributed by atoms with Crippen LogP contribution in [0.4, 0.5) is 17.6 Å². The summed E-state index contributed by atoms with van der Waals surface area (Å²) in [5.41, 5.74) is 4.62. The number of nitrogens with one attached hydrogen (secondary N) is 1. The summed E-state index contributed by atoms with van der Waals surface area (Å²) in [6, 6.07) is 1.83. The Labute approximate surface area is 109 Å². The van der Waals surface area contributed by atoms with Crippen molar-refractivity contribution in [2.24, 2.45) is 5.73 Å². The van der Waals surface area contributed by atoms with Crippen LogP contribution in [0, 0.1) is 17.7 Å². The van der Waals surface area contributed by atoms with Crippen molar-refractivity contribution in [3.8, 4) is 11.8 Å². The van der Waals surface area contributed by atoms with Gasteiger partial charge in [0, 0.05) is 12.6 Å². The lowest BCUT2D eigenvalue weighted by atomic mass is 10.0. The Bertz CT molecular complexity index is 486. The maximum atomic E-state index is 13.2. The SMILES string of the molecule is CC#CCNC(CN)c1cc(F)cc(C(F)(F)F)c1. The van der Waals surface area contributed by atoms with E-state index < -0.39 is 23.6 Å². The molecule has 0 radical (unpaired) electrons. The van der Waals surface area contributed by atoms with Gasteiger partial charge in [0.25, 0.3) is 0 Å². The van der Waals surface area contributed by atoms with Crippen LogP contribution in [-0.2, 0) is 6.18 Å². The van der Waals surface area contributed by atoms with E-state index in [4.69, 9.17) is 5.73 Å². The second-order valence-corrected chi connectivity index (χ2v) is 3.87.